The van der Waals surface area contributed by atoms with Crippen LogP contribution in [0.2, 0.25) is 0 Å². The zero-order valence-corrected chi connectivity index (χ0v) is 14.6. The predicted molar refractivity (Wildman–Crippen MR) is 98.0 cm³/mol. The summed E-state index contributed by atoms with van der Waals surface area (Å²) in [5.74, 6) is 0.896. The van der Waals surface area contributed by atoms with E-state index in [1.807, 2.05) is 6.07 Å². The Labute approximate surface area is 145 Å². The summed E-state index contributed by atoms with van der Waals surface area (Å²) in [5.41, 5.74) is 3.09. The molecule has 1 aliphatic heterocycles. The fourth-order valence-corrected chi connectivity index (χ4v) is 3.71. The van der Waals surface area contributed by atoms with Gasteiger partial charge in [0.15, 0.2) is 0 Å². The van der Waals surface area contributed by atoms with Crippen LogP contribution in [0, 0.1) is 0 Å². The van der Waals surface area contributed by atoms with Crippen molar-refractivity contribution in [1.82, 2.24) is 15.5 Å². The van der Waals surface area contributed by atoms with Crippen molar-refractivity contribution >= 4 is 27.2 Å². The number of fused-ring (bicyclic) bond motifs is 1. The number of aromatic nitrogens is 2. The molecule has 1 atom stereocenters. The average molecular weight is 340 g/mol. The van der Waals surface area contributed by atoms with E-state index in [-0.39, 0.29) is 0 Å². The molecule has 2 aromatic carbocycles. The first-order valence-electron chi connectivity index (χ1n) is 8.08. The van der Waals surface area contributed by atoms with Crippen molar-refractivity contribution in [3.05, 3.63) is 47.5 Å². The van der Waals surface area contributed by atoms with Crippen molar-refractivity contribution in [3.8, 4) is 5.75 Å². The molecule has 1 N–H and O–H groups in total. The molecule has 3 aromatic rings. The molecule has 2 heterocycles. The number of methoxy groups -OCH3 is 1. The molecule has 124 valence electrons. The standard InChI is InChI=1S/C18H20N4OS/c1-12(20-16-9-22(10-16)18-21-19-11-24-18)13-3-4-15-8-17(23-2)6-5-14(15)7-13/h3-8,11-12,16,20H,9-10H2,1-2H3. The third-order valence-corrected chi connectivity index (χ3v) is 5.31. The molecule has 24 heavy (non-hydrogen) atoms. The molecule has 0 radical (unpaired) electrons. The molecule has 0 saturated carbocycles. The summed E-state index contributed by atoms with van der Waals surface area (Å²) < 4.78 is 5.29. The van der Waals surface area contributed by atoms with Gasteiger partial charge < -0.3 is 15.0 Å². The monoisotopic (exact) mass is 340 g/mol. The van der Waals surface area contributed by atoms with Crippen LogP contribution in [0.15, 0.2) is 41.9 Å². The van der Waals surface area contributed by atoms with E-state index in [0.29, 0.717) is 12.1 Å². The maximum atomic E-state index is 5.29. The maximum absolute atomic E-state index is 5.29. The first-order valence-corrected chi connectivity index (χ1v) is 8.96. The van der Waals surface area contributed by atoms with Crippen LogP contribution < -0.4 is 15.0 Å². The molecular formula is C18H20N4OS. The second-order valence-corrected chi connectivity index (χ2v) is 7.00. The van der Waals surface area contributed by atoms with Crippen molar-refractivity contribution in [2.45, 2.75) is 19.0 Å². The summed E-state index contributed by atoms with van der Waals surface area (Å²) in [4.78, 5) is 2.26. The molecule has 1 aliphatic rings. The Hall–Kier alpha value is -2.18. The van der Waals surface area contributed by atoms with Crippen LogP contribution in [-0.2, 0) is 0 Å². The fourth-order valence-electron chi connectivity index (χ4n) is 3.13. The molecule has 0 amide bonds. The van der Waals surface area contributed by atoms with Gasteiger partial charge in [-0.2, -0.15) is 0 Å². The highest BCUT2D eigenvalue weighted by Gasteiger charge is 2.29. The lowest BCUT2D eigenvalue weighted by Gasteiger charge is -2.40. The SMILES string of the molecule is COc1ccc2cc(C(C)NC3CN(c4nncs4)C3)ccc2c1. The van der Waals surface area contributed by atoms with Crippen LogP contribution in [0.25, 0.3) is 10.8 Å². The third kappa shape index (κ3) is 2.95. The van der Waals surface area contributed by atoms with Crippen molar-refractivity contribution < 1.29 is 4.74 Å². The highest BCUT2D eigenvalue weighted by atomic mass is 32.1. The van der Waals surface area contributed by atoms with Crippen LogP contribution in [0.1, 0.15) is 18.5 Å². The Morgan fingerprint density at radius 1 is 1.21 bits per heavy atom. The Morgan fingerprint density at radius 3 is 2.75 bits per heavy atom. The highest BCUT2D eigenvalue weighted by molar-refractivity contribution is 7.13. The van der Waals surface area contributed by atoms with Crippen molar-refractivity contribution in [1.29, 1.82) is 0 Å². The molecule has 6 heteroatoms. The minimum Gasteiger partial charge on any atom is -0.497 e. The number of anilines is 1. The molecule has 0 spiro atoms. The number of nitrogens with one attached hydrogen (secondary N) is 1. The molecule has 5 nitrogen and oxygen atoms in total. The van der Waals surface area contributed by atoms with Gasteiger partial charge in [0.1, 0.15) is 11.3 Å². The van der Waals surface area contributed by atoms with E-state index in [0.717, 1.165) is 24.0 Å². The summed E-state index contributed by atoms with van der Waals surface area (Å²) in [6.07, 6.45) is 0. The molecule has 0 aliphatic carbocycles. The number of hydrogen-bond donors (Lipinski definition) is 1. The Kier molecular flexibility index (Phi) is 4.08. The molecule has 1 fully saturated rings. The average Bonchev–Trinajstić information content (AvgIpc) is 3.10. The summed E-state index contributed by atoms with van der Waals surface area (Å²) in [6.45, 7) is 4.20. The first-order chi connectivity index (χ1) is 11.7. The summed E-state index contributed by atoms with van der Waals surface area (Å²) in [7, 11) is 1.70. The second kappa shape index (κ2) is 6.37. The lowest BCUT2D eigenvalue weighted by atomic mass is 10.0. The lowest BCUT2D eigenvalue weighted by molar-refractivity contribution is 0.382. The Morgan fingerprint density at radius 2 is 2.00 bits per heavy atom. The smallest absolute Gasteiger partial charge is 0.208 e. The number of rotatable bonds is 5. The van der Waals surface area contributed by atoms with Gasteiger partial charge in [-0.25, -0.2) is 0 Å². The van der Waals surface area contributed by atoms with Gasteiger partial charge in [-0.3, -0.25) is 0 Å². The van der Waals surface area contributed by atoms with Crippen LogP contribution in [-0.4, -0.2) is 36.4 Å². The Bertz CT molecular complexity index is 830. The van der Waals surface area contributed by atoms with Gasteiger partial charge in [-0.1, -0.05) is 29.5 Å². The van der Waals surface area contributed by atoms with E-state index >= 15 is 0 Å². The topological polar surface area (TPSA) is 50.3 Å². The molecular weight excluding hydrogens is 320 g/mol. The molecule has 1 unspecified atom stereocenters. The fraction of sp³-hybridized carbons (Fsp3) is 0.333. The second-order valence-electron chi connectivity index (χ2n) is 6.18. The lowest BCUT2D eigenvalue weighted by Crippen LogP contribution is -2.58. The summed E-state index contributed by atoms with van der Waals surface area (Å²) in [5, 5.41) is 15.2. The summed E-state index contributed by atoms with van der Waals surface area (Å²) in [6, 6.07) is 13.6. The number of benzene rings is 2. The summed E-state index contributed by atoms with van der Waals surface area (Å²) >= 11 is 1.59. The molecule has 1 aromatic heterocycles. The third-order valence-electron chi connectivity index (χ3n) is 4.56. The van der Waals surface area contributed by atoms with Crippen molar-refractivity contribution in [2.24, 2.45) is 0 Å². The molecule has 4 rings (SSSR count). The zero-order valence-electron chi connectivity index (χ0n) is 13.8. The molecule has 1 saturated heterocycles. The van der Waals surface area contributed by atoms with Gasteiger partial charge >= 0.3 is 0 Å². The van der Waals surface area contributed by atoms with Gasteiger partial charge in [-0.05, 0) is 41.5 Å². The maximum Gasteiger partial charge on any atom is 0.208 e. The highest BCUT2D eigenvalue weighted by Crippen LogP contribution is 2.26. The van der Waals surface area contributed by atoms with Gasteiger partial charge in [-0.15, -0.1) is 10.2 Å². The van der Waals surface area contributed by atoms with Gasteiger partial charge in [0, 0.05) is 25.2 Å². The van der Waals surface area contributed by atoms with Gasteiger partial charge in [0.05, 0.1) is 7.11 Å². The van der Waals surface area contributed by atoms with Crippen LogP contribution in [0.4, 0.5) is 5.13 Å². The molecule has 0 bridgehead atoms. The largest absolute Gasteiger partial charge is 0.497 e. The zero-order chi connectivity index (χ0) is 16.5. The number of ether oxygens (including phenoxy) is 1. The van der Waals surface area contributed by atoms with Crippen molar-refractivity contribution in [3.63, 3.8) is 0 Å². The predicted octanol–water partition coefficient (Wildman–Crippen LogP) is 3.24. The minimum atomic E-state index is 0.318. The van der Waals surface area contributed by atoms with Crippen LogP contribution in [0.5, 0.6) is 5.75 Å². The normalized spacial score (nSPS) is 16.2. The number of hydrogen-bond acceptors (Lipinski definition) is 6. The van der Waals surface area contributed by atoms with E-state index in [9.17, 15) is 0 Å². The van der Waals surface area contributed by atoms with E-state index < -0.39 is 0 Å². The van der Waals surface area contributed by atoms with E-state index in [2.05, 4.69) is 57.7 Å². The first kappa shape index (κ1) is 15.4. The van der Waals surface area contributed by atoms with Gasteiger partial charge in [0.2, 0.25) is 5.13 Å². The van der Waals surface area contributed by atoms with Gasteiger partial charge in [0.25, 0.3) is 0 Å². The minimum absolute atomic E-state index is 0.318. The quantitative estimate of drug-likeness (QED) is 0.773. The van der Waals surface area contributed by atoms with E-state index in [1.165, 1.54) is 16.3 Å². The van der Waals surface area contributed by atoms with E-state index in [4.69, 9.17) is 4.74 Å². The van der Waals surface area contributed by atoms with Crippen LogP contribution in [0.3, 0.4) is 0 Å². The number of nitrogens with zero attached hydrogens (tertiary/aromatic N) is 3. The Balaban J connectivity index is 1.41. The van der Waals surface area contributed by atoms with Crippen LogP contribution >= 0.6 is 11.3 Å². The van der Waals surface area contributed by atoms with Crippen molar-refractivity contribution in [2.75, 3.05) is 25.1 Å². The van der Waals surface area contributed by atoms with E-state index in [1.54, 1.807) is 24.0 Å².